The van der Waals surface area contributed by atoms with Gasteiger partial charge in [-0.05, 0) is 18.1 Å². The van der Waals surface area contributed by atoms with Gasteiger partial charge >= 0.3 is 24.2 Å². The van der Waals surface area contributed by atoms with E-state index in [1.807, 2.05) is 0 Å². The predicted octanol–water partition coefficient (Wildman–Crippen LogP) is 3.62. The zero-order valence-electron chi connectivity index (χ0n) is 11.3. The fraction of sp³-hybridized carbons (Fsp3) is 0.385. The van der Waals surface area contributed by atoms with Crippen molar-refractivity contribution in [2.24, 2.45) is 0 Å². The van der Waals surface area contributed by atoms with Crippen molar-refractivity contribution >= 4 is 17.5 Å². The summed E-state index contributed by atoms with van der Waals surface area (Å²) in [7, 11) is 0. The van der Waals surface area contributed by atoms with Crippen LogP contribution in [0.3, 0.4) is 0 Å². The van der Waals surface area contributed by atoms with Crippen LogP contribution in [-0.4, -0.2) is 24.2 Å². The summed E-state index contributed by atoms with van der Waals surface area (Å²) in [5.41, 5.74) is -0.672. The number of para-hydroxylation sites is 1. The third-order valence-corrected chi connectivity index (χ3v) is 2.64. The van der Waals surface area contributed by atoms with Gasteiger partial charge in [-0.3, -0.25) is 9.59 Å². The summed E-state index contributed by atoms with van der Waals surface area (Å²) in [5, 5.41) is 0. The Morgan fingerprint density at radius 2 is 1.41 bits per heavy atom. The van der Waals surface area contributed by atoms with E-state index in [-0.39, 0.29) is 12.0 Å². The van der Waals surface area contributed by atoms with Gasteiger partial charge in [-0.15, -0.1) is 0 Å². The summed E-state index contributed by atoms with van der Waals surface area (Å²) in [4.78, 5) is 21.7. The third kappa shape index (κ3) is 3.99. The van der Waals surface area contributed by atoms with Crippen LogP contribution in [0.2, 0.25) is 0 Å². The van der Waals surface area contributed by atoms with Crippen molar-refractivity contribution in [2.75, 3.05) is 4.90 Å². The van der Waals surface area contributed by atoms with E-state index in [2.05, 4.69) is 0 Å². The molecule has 1 aromatic carbocycles. The van der Waals surface area contributed by atoms with Crippen LogP contribution in [0.15, 0.2) is 24.3 Å². The van der Waals surface area contributed by atoms with Crippen LogP contribution >= 0.6 is 0 Å². The Morgan fingerprint density at radius 3 is 1.82 bits per heavy atom. The maximum Gasteiger partial charge on any atom is 0.472 e. The SMILES string of the molecule is CCCc1ccccc1N(C(=O)C(F)(F)F)C(=O)C(F)(F)F. The van der Waals surface area contributed by atoms with Crippen LogP contribution in [0.5, 0.6) is 0 Å². The Bertz CT molecular complexity index is 538. The van der Waals surface area contributed by atoms with Crippen molar-refractivity contribution in [2.45, 2.75) is 32.1 Å². The zero-order chi connectivity index (χ0) is 17.1. The number of halogens is 6. The molecule has 0 fully saturated rings. The van der Waals surface area contributed by atoms with Gasteiger partial charge in [-0.25, -0.2) is 4.90 Å². The maximum atomic E-state index is 12.5. The quantitative estimate of drug-likeness (QED) is 0.795. The first kappa shape index (κ1) is 18.0. The molecule has 0 spiro atoms. The van der Waals surface area contributed by atoms with Gasteiger partial charge in [0.05, 0.1) is 5.69 Å². The molecule has 0 radical (unpaired) electrons. The van der Waals surface area contributed by atoms with Crippen molar-refractivity contribution in [1.29, 1.82) is 0 Å². The van der Waals surface area contributed by atoms with Crippen LogP contribution in [0.25, 0.3) is 0 Å². The summed E-state index contributed by atoms with van der Waals surface area (Å²) in [6.07, 6.45) is -10.7. The second-order valence-electron chi connectivity index (χ2n) is 4.32. The van der Waals surface area contributed by atoms with E-state index in [0.29, 0.717) is 6.42 Å². The number of carbonyl (C=O) groups excluding carboxylic acids is 2. The largest absolute Gasteiger partial charge is 0.472 e. The monoisotopic (exact) mass is 327 g/mol. The van der Waals surface area contributed by atoms with E-state index in [0.717, 1.165) is 12.1 Å². The van der Waals surface area contributed by atoms with Gasteiger partial charge in [0.2, 0.25) is 0 Å². The topological polar surface area (TPSA) is 37.4 Å². The summed E-state index contributed by atoms with van der Waals surface area (Å²) >= 11 is 0. The molecule has 1 rings (SSSR count). The number of anilines is 1. The minimum atomic E-state index is -5.61. The van der Waals surface area contributed by atoms with Crippen molar-refractivity contribution in [1.82, 2.24) is 0 Å². The lowest BCUT2D eigenvalue weighted by Crippen LogP contribution is -2.50. The third-order valence-electron chi connectivity index (χ3n) is 2.64. The summed E-state index contributed by atoms with van der Waals surface area (Å²) < 4.78 is 75.2. The first-order chi connectivity index (χ1) is 10.00. The van der Waals surface area contributed by atoms with Crippen molar-refractivity contribution < 1.29 is 35.9 Å². The molecule has 0 saturated carbocycles. The minimum absolute atomic E-state index is 0.0419. The molecule has 122 valence electrons. The summed E-state index contributed by atoms with van der Waals surface area (Å²) in [6.45, 7) is 1.65. The Morgan fingerprint density at radius 1 is 0.955 bits per heavy atom. The molecule has 0 aliphatic carbocycles. The number of hydrogen-bond acceptors (Lipinski definition) is 2. The second-order valence-corrected chi connectivity index (χ2v) is 4.32. The molecular formula is C13H11F6NO2. The highest BCUT2D eigenvalue weighted by atomic mass is 19.4. The van der Waals surface area contributed by atoms with E-state index in [4.69, 9.17) is 0 Å². The molecule has 0 unspecified atom stereocenters. The first-order valence-electron chi connectivity index (χ1n) is 6.10. The average molecular weight is 327 g/mol. The lowest BCUT2D eigenvalue weighted by Gasteiger charge is -2.25. The first-order valence-corrected chi connectivity index (χ1v) is 6.10. The van der Waals surface area contributed by atoms with Crippen molar-refractivity contribution in [3.63, 3.8) is 0 Å². The number of amides is 2. The van der Waals surface area contributed by atoms with Gasteiger partial charge in [0.25, 0.3) is 0 Å². The van der Waals surface area contributed by atoms with Crippen LogP contribution in [0.4, 0.5) is 32.0 Å². The minimum Gasteiger partial charge on any atom is -0.263 e. The number of hydrogen-bond donors (Lipinski definition) is 0. The molecule has 1 aromatic rings. The number of rotatable bonds is 3. The van der Waals surface area contributed by atoms with Gasteiger partial charge in [0, 0.05) is 0 Å². The smallest absolute Gasteiger partial charge is 0.263 e. The summed E-state index contributed by atoms with van der Waals surface area (Å²) in [5.74, 6) is -5.75. The van der Waals surface area contributed by atoms with E-state index in [9.17, 15) is 35.9 Å². The Balaban J connectivity index is 3.46. The molecule has 22 heavy (non-hydrogen) atoms. The normalized spacial score (nSPS) is 12.1. The molecule has 0 atom stereocenters. The van der Waals surface area contributed by atoms with Gasteiger partial charge < -0.3 is 0 Å². The van der Waals surface area contributed by atoms with Crippen LogP contribution in [-0.2, 0) is 16.0 Å². The molecule has 0 aromatic heterocycles. The fourth-order valence-electron chi connectivity index (χ4n) is 1.77. The molecule has 0 N–H and O–H groups in total. The summed E-state index contributed by atoms with van der Waals surface area (Å²) in [6, 6.07) is 4.68. The number of carbonyl (C=O) groups is 2. The Kier molecular flexibility index (Phi) is 5.21. The number of benzene rings is 1. The Hall–Kier alpha value is -2.06. The van der Waals surface area contributed by atoms with Crippen molar-refractivity contribution in [3.8, 4) is 0 Å². The molecule has 0 bridgehead atoms. The van der Waals surface area contributed by atoms with Gasteiger partial charge in [0.1, 0.15) is 0 Å². The van der Waals surface area contributed by atoms with Gasteiger partial charge in [-0.2, -0.15) is 26.3 Å². The highest BCUT2D eigenvalue weighted by Crippen LogP contribution is 2.31. The molecule has 2 amide bonds. The van der Waals surface area contributed by atoms with E-state index >= 15 is 0 Å². The van der Waals surface area contributed by atoms with E-state index < -0.39 is 34.8 Å². The molecular weight excluding hydrogens is 316 g/mol. The lowest BCUT2D eigenvalue weighted by molar-refractivity contribution is -0.181. The molecule has 3 nitrogen and oxygen atoms in total. The standard InChI is InChI=1S/C13H11F6NO2/c1-2-5-8-6-3-4-7-9(8)20(10(21)12(14,15)16)11(22)13(17,18)19/h3-4,6-7H,2,5H2,1H3. The molecule has 0 aliphatic heterocycles. The van der Waals surface area contributed by atoms with Crippen molar-refractivity contribution in [3.05, 3.63) is 29.8 Å². The van der Waals surface area contributed by atoms with Crippen LogP contribution < -0.4 is 4.90 Å². The number of aryl methyl sites for hydroxylation is 1. The molecule has 9 heteroatoms. The zero-order valence-corrected chi connectivity index (χ0v) is 11.3. The molecule has 0 aliphatic rings. The number of imide groups is 1. The highest BCUT2D eigenvalue weighted by molar-refractivity contribution is 6.18. The maximum absolute atomic E-state index is 12.5. The Labute approximate surface area is 121 Å². The highest BCUT2D eigenvalue weighted by Gasteiger charge is 2.53. The predicted molar refractivity (Wildman–Crippen MR) is 65.0 cm³/mol. The van der Waals surface area contributed by atoms with Crippen LogP contribution in [0.1, 0.15) is 18.9 Å². The van der Waals surface area contributed by atoms with Crippen LogP contribution in [0, 0.1) is 0 Å². The average Bonchev–Trinajstić information content (AvgIpc) is 2.39. The number of alkyl halides is 6. The lowest BCUT2D eigenvalue weighted by atomic mass is 10.1. The second kappa shape index (κ2) is 6.37. The van der Waals surface area contributed by atoms with E-state index in [1.54, 1.807) is 6.92 Å². The number of nitrogens with zero attached hydrogens (tertiary/aromatic N) is 1. The van der Waals surface area contributed by atoms with Gasteiger partial charge in [0.15, 0.2) is 0 Å². The molecule has 0 saturated heterocycles. The molecule has 0 heterocycles. The fourth-order valence-corrected chi connectivity index (χ4v) is 1.77. The van der Waals surface area contributed by atoms with Gasteiger partial charge in [-0.1, -0.05) is 31.5 Å². The van der Waals surface area contributed by atoms with E-state index in [1.165, 1.54) is 12.1 Å².